The molecule has 1 aliphatic heterocycles. The topological polar surface area (TPSA) is 84.4 Å². The molecule has 7 nitrogen and oxygen atoms in total. The first-order chi connectivity index (χ1) is 10.3. The second-order valence-corrected chi connectivity index (χ2v) is 7.85. The van der Waals surface area contributed by atoms with Gasteiger partial charge in [0.25, 0.3) is 0 Å². The number of nitrogens with one attached hydrogen (secondary N) is 1. The number of aryl methyl sites for hydroxylation is 2. The number of ether oxygens (including phenoxy) is 1. The van der Waals surface area contributed by atoms with Gasteiger partial charge in [0.05, 0.1) is 18.0 Å². The zero-order chi connectivity index (χ0) is 16.3. The van der Waals surface area contributed by atoms with Crippen LogP contribution in [0.15, 0.2) is 6.07 Å². The van der Waals surface area contributed by atoms with Crippen molar-refractivity contribution in [2.45, 2.75) is 39.9 Å². The standard InChI is InChI=1S/C14H24N4O3S/c1-10-7-14(17-13(4)16-10)15-5-6-22(19,20)18-8-11(2)21-12(3)9-18/h7,11-12H,5-6,8-9H2,1-4H3,(H,15,16,17)/t11-,12-/m0/s1. The lowest BCUT2D eigenvalue weighted by atomic mass is 10.3. The molecule has 0 aliphatic carbocycles. The number of nitrogens with zero attached hydrogens (tertiary/aromatic N) is 3. The predicted octanol–water partition coefficient (Wildman–Crippen LogP) is 0.944. The van der Waals surface area contributed by atoms with E-state index < -0.39 is 10.0 Å². The minimum Gasteiger partial charge on any atom is -0.373 e. The van der Waals surface area contributed by atoms with Gasteiger partial charge in [-0.3, -0.25) is 0 Å². The zero-order valence-electron chi connectivity index (χ0n) is 13.5. The van der Waals surface area contributed by atoms with Crippen LogP contribution in [0.1, 0.15) is 25.4 Å². The highest BCUT2D eigenvalue weighted by Gasteiger charge is 2.30. The van der Waals surface area contributed by atoms with Gasteiger partial charge in [-0.25, -0.2) is 18.4 Å². The summed E-state index contributed by atoms with van der Waals surface area (Å²) in [7, 11) is -3.29. The van der Waals surface area contributed by atoms with E-state index in [2.05, 4.69) is 15.3 Å². The molecule has 0 amide bonds. The number of hydrogen-bond acceptors (Lipinski definition) is 6. The van der Waals surface area contributed by atoms with Crippen molar-refractivity contribution in [2.75, 3.05) is 30.7 Å². The summed E-state index contributed by atoms with van der Waals surface area (Å²) in [5, 5.41) is 3.06. The first kappa shape index (κ1) is 17.1. The van der Waals surface area contributed by atoms with Crippen LogP contribution in [-0.4, -0.2) is 60.3 Å². The third-order valence-electron chi connectivity index (χ3n) is 3.41. The Bertz CT molecular complexity index is 590. The third kappa shape index (κ3) is 4.62. The first-order valence-corrected chi connectivity index (χ1v) is 9.06. The van der Waals surface area contributed by atoms with Crippen LogP contribution >= 0.6 is 0 Å². The lowest BCUT2D eigenvalue weighted by Gasteiger charge is -2.34. The van der Waals surface area contributed by atoms with Gasteiger partial charge in [0, 0.05) is 31.4 Å². The molecular weight excluding hydrogens is 304 g/mol. The average Bonchev–Trinajstić information content (AvgIpc) is 2.36. The molecule has 1 fully saturated rings. The van der Waals surface area contributed by atoms with Gasteiger partial charge in [-0.15, -0.1) is 0 Å². The highest BCUT2D eigenvalue weighted by molar-refractivity contribution is 7.89. The molecule has 1 N–H and O–H groups in total. The van der Waals surface area contributed by atoms with Crippen LogP contribution in [0.4, 0.5) is 5.82 Å². The van der Waals surface area contributed by atoms with Crippen molar-refractivity contribution in [3.63, 3.8) is 0 Å². The number of hydrogen-bond donors (Lipinski definition) is 1. The van der Waals surface area contributed by atoms with Crippen LogP contribution < -0.4 is 5.32 Å². The Labute approximate surface area is 132 Å². The van der Waals surface area contributed by atoms with Crippen LogP contribution in [-0.2, 0) is 14.8 Å². The Morgan fingerprint density at radius 2 is 1.91 bits per heavy atom. The van der Waals surface area contributed by atoms with Crippen molar-refractivity contribution < 1.29 is 13.2 Å². The molecule has 0 bridgehead atoms. The Balaban J connectivity index is 1.92. The maximum absolute atomic E-state index is 12.4. The summed E-state index contributed by atoms with van der Waals surface area (Å²) >= 11 is 0. The van der Waals surface area contributed by atoms with E-state index in [0.717, 1.165) is 5.69 Å². The molecule has 0 saturated carbocycles. The van der Waals surface area contributed by atoms with Crippen LogP contribution in [0.25, 0.3) is 0 Å². The van der Waals surface area contributed by atoms with Crippen molar-refractivity contribution in [1.29, 1.82) is 0 Å². The maximum atomic E-state index is 12.4. The zero-order valence-corrected chi connectivity index (χ0v) is 14.4. The van der Waals surface area contributed by atoms with Gasteiger partial charge in [-0.1, -0.05) is 0 Å². The van der Waals surface area contributed by atoms with E-state index in [0.29, 0.717) is 31.3 Å². The van der Waals surface area contributed by atoms with E-state index in [1.54, 1.807) is 6.07 Å². The molecule has 0 aromatic carbocycles. The Morgan fingerprint density at radius 3 is 2.50 bits per heavy atom. The normalized spacial score (nSPS) is 23.5. The number of rotatable bonds is 5. The molecule has 0 spiro atoms. The summed E-state index contributed by atoms with van der Waals surface area (Å²) in [4.78, 5) is 8.43. The monoisotopic (exact) mass is 328 g/mol. The van der Waals surface area contributed by atoms with Crippen LogP contribution in [0.2, 0.25) is 0 Å². The molecule has 1 aromatic rings. The molecule has 0 radical (unpaired) electrons. The number of anilines is 1. The summed E-state index contributed by atoms with van der Waals surface area (Å²) in [6.45, 7) is 8.62. The summed E-state index contributed by atoms with van der Waals surface area (Å²) in [5.41, 5.74) is 0.855. The summed E-state index contributed by atoms with van der Waals surface area (Å²) in [6.07, 6.45) is -0.141. The molecule has 2 heterocycles. The van der Waals surface area contributed by atoms with Gasteiger partial charge in [0.15, 0.2) is 0 Å². The molecular formula is C14H24N4O3S. The fraction of sp³-hybridized carbons (Fsp3) is 0.714. The van der Waals surface area contributed by atoms with Crippen molar-refractivity contribution in [3.05, 3.63) is 17.6 Å². The van der Waals surface area contributed by atoms with Gasteiger partial charge < -0.3 is 10.1 Å². The SMILES string of the molecule is Cc1cc(NCCS(=O)(=O)N2C[C@H](C)O[C@@H](C)C2)nc(C)n1. The molecule has 8 heteroatoms. The third-order valence-corrected chi connectivity index (χ3v) is 5.22. The van der Waals surface area contributed by atoms with Crippen molar-refractivity contribution >= 4 is 15.8 Å². The first-order valence-electron chi connectivity index (χ1n) is 7.45. The lowest BCUT2D eigenvalue weighted by Crippen LogP contribution is -2.49. The number of sulfonamides is 1. The molecule has 1 aliphatic rings. The fourth-order valence-corrected chi connectivity index (χ4v) is 4.09. The van der Waals surface area contributed by atoms with Gasteiger partial charge in [-0.05, 0) is 27.7 Å². The van der Waals surface area contributed by atoms with E-state index in [1.807, 2.05) is 27.7 Å². The van der Waals surface area contributed by atoms with E-state index >= 15 is 0 Å². The lowest BCUT2D eigenvalue weighted by molar-refractivity contribution is -0.0440. The van der Waals surface area contributed by atoms with Crippen LogP contribution in [0, 0.1) is 13.8 Å². The van der Waals surface area contributed by atoms with Crippen LogP contribution in [0.5, 0.6) is 0 Å². The van der Waals surface area contributed by atoms with Gasteiger partial charge >= 0.3 is 0 Å². The molecule has 2 atom stereocenters. The van der Waals surface area contributed by atoms with Crippen LogP contribution in [0.3, 0.4) is 0 Å². The second-order valence-electron chi connectivity index (χ2n) is 5.76. The van der Waals surface area contributed by atoms with Gasteiger partial charge in [0.1, 0.15) is 11.6 Å². The van der Waals surface area contributed by atoms with Crippen molar-refractivity contribution in [3.8, 4) is 0 Å². The maximum Gasteiger partial charge on any atom is 0.216 e. The second kappa shape index (κ2) is 6.89. The van der Waals surface area contributed by atoms with Gasteiger partial charge in [-0.2, -0.15) is 4.31 Å². The van der Waals surface area contributed by atoms with Gasteiger partial charge in [0.2, 0.25) is 10.0 Å². The van der Waals surface area contributed by atoms with E-state index in [1.165, 1.54) is 4.31 Å². The van der Waals surface area contributed by atoms with Crippen molar-refractivity contribution in [1.82, 2.24) is 14.3 Å². The highest BCUT2D eigenvalue weighted by atomic mass is 32.2. The molecule has 0 unspecified atom stereocenters. The largest absolute Gasteiger partial charge is 0.373 e. The Hall–Kier alpha value is -1.25. The summed E-state index contributed by atoms with van der Waals surface area (Å²) in [5.74, 6) is 1.36. The quantitative estimate of drug-likeness (QED) is 0.866. The molecule has 2 rings (SSSR count). The number of aromatic nitrogens is 2. The average molecular weight is 328 g/mol. The van der Waals surface area contributed by atoms with E-state index in [9.17, 15) is 8.42 Å². The smallest absolute Gasteiger partial charge is 0.216 e. The minimum absolute atomic E-state index is 0.0362. The Morgan fingerprint density at radius 1 is 1.27 bits per heavy atom. The fourth-order valence-electron chi connectivity index (χ4n) is 2.60. The molecule has 1 aromatic heterocycles. The Kier molecular flexibility index (Phi) is 5.36. The minimum atomic E-state index is -3.29. The summed E-state index contributed by atoms with van der Waals surface area (Å²) in [6, 6.07) is 1.80. The molecule has 22 heavy (non-hydrogen) atoms. The van der Waals surface area contributed by atoms with Crippen molar-refractivity contribution in [2.24, 2.45) is 0 Å². The molecule has 1 saturated heterocycles. The molecule has 124 valence electrons. The highest BCUT2D eigenvalue weighted by Crippen LogP contribution is 2.15. The van der Waals surface area contributed by atoms with E-state index in [4.69, 9.17) is 4.74 Å². The summed E-state index contributed by atoms with van der Waals surface area (Å²) < 4.78 is 31.9. The predicted molar refractivity (Wildman–Crippen MR) is 85.4 cm³/mol. The van der Waals surface area contributed by atoms with E-state index in [-0.39, 0.29) is 18.0 Å². The number of morpholine rings is 1.